The van der Waals surface area contributed by atoms with Gasteiger partial charge in [-0.1, -0.05) is 25.1 Å². The van der Waals surface area contributed by atoms with E-state index in [0.717, 1.165) is 33.3 Å². The number of rotatable bonds is 2. The normalized spacial score (nSPS) is 11.5. The van der Waals surface area contributed by atoms with Crippen LogP contribution in [0.15, 0.2) is 51.7 Å². The van der Waals surface area contributed by atoms with Crippen molar-refractivity contribution < 1.29 is 4.42 Å². The second-order valence-electron chi connectivity index (χ2n) is 4.87. The lowest BCUT2D eigenvalue weighted by Crippen LogP contribution is -1.85. The number of halogens is 1. The summed E-state index contributed by atoms with van der Waals surface area (Å²) in [5, 5.41) is 1.15. The third kappa shape index (κ3) is 1.96. The van der Waals surface area contributed by atoms with Crippen molar-refractivity contribution in [3.8, 4) is 11.5 Å². The number of imidazole rings is 1. The largest absolute Gasteiger partial charge is 0.454 e. The van der Waals surface area contributed by atoms with Crippen LogP contribution in [-0.2, 0) is 6.42 Å². The molecule has 21 heavy (non-hydrogen) atoms. The van der Waals surface area contributed by atoms with Crippen molar-refractivity contribution >= 4 is 32.7 Å². The topological polar surface area (TPSA) is 43.3 Å². The smallest absolute Gasteiger partial charge is 0.234 e. The molecule has 4 nitrogen and oxygen atoms in total. The van der Waals surface area contributed by atoms with Gasteiger partial charge in [0.2, 0.25) is 5.78 Å². The van der Waals surface area contributed by atoms with Gasteiger partial charge in [0, 0.05) is 29.5 Å². The van der Waals surface area contributed by atoms with Crippen molar-refractivity contribution in [1.82, 2.24) is 14.4 Å². The highest BCUT2D eigenvalue weighted by Crippen LogP contribution is 2.33. The summed E-state index contributed by atoms with van der Waals surface area (Å²) in [7, 11) is 0. The van der Waals surface area contributed by atoms with Crippen molar-refractivity contribution in [3.63, 3.8) is 0 Å². The van der Waals surface area contributed by atoms with Crippen LogP contribution in [-0.4, -0.2) is 14.4 Å². The summed E-state index contributed by atoms with van der Waals surface area (Å²) in [5.74, 6) is 1.50. The fourth-order valence-corrected chi connectivity index (χ4v) is 2.95. The van der Waals surface area contributed by atoms with E-state index in [9.17, 15) is 0 Å². The highest BCUT2D eigenvalue weighted by molar-refractivity contribution is 9.10. The average molecular weight is 342 g/mol. The summed E-state index contributed by atoms with van der Waals surface area (Å²) in [6.07, 6.45) is 6.53. The molecule has 0 saturated heterocycles. The van der Waals surface area contributed by atoms with Gasteiger partial charge in [0.15, 0.2) is 5.76 Å². The molecule has 0 fully saturated rings. The molecule has 4 rings (SSSR count). The first-order chi connectivity index (χ1) is 10.3. The second kappa shape index (κ2) is 4.70. The van der Waals surface area contributed by atoms with Crippen molar-refractivity contribution in [3.05, 3.63) is 52.9 Å². The number of benzene rings is 1. The first-order valence-electron chi connectivity index (χ1n) is 6.77. The molecule has 3 aromatic heterocycles. The molecule has 104 valence electrons. The van der Waals surface area contributed by atoms with Crippen LogP contribution in [0, 0.1) is 0 Å². The van der Waals surface area contributed by atoms with Crippen LogP contribution in [0.2, 0.25) is 0 Å². The Bertz CT molecular complexity index is 955. The Balaban J connectivity index is 1.99. The lowest BCUT2D eigenvalue weighted by molar-refractivity contribution is 0.625. The highest BCUT2D eigenvalue weighted by Gasteiger charge is 2.17. The van der Waals surface area contributed by atoms with Crippen molar-refractivity contribution in [2.75, 3.05) is 0 Å². The molecule has 0 spiro atoms. The predicted molar refractivity (Wildman–Crippen MR) is 85.3 cm³/mol. The molecular weight excluding hydrogens is 330 g/mol. The lowest BCUT2D eigenvalue weighted by Gasteiger charge is -1.95. The number of aryl methyl sites for hydroxylation is 1. The average Bonchev–Trinajstić information content (AvgIpc) is 3.06. The zero-order valence-electron chi connectivity index (χ0n) is 11.4. The van der Waals surface area contributed by atoms with Gasteiger partial charge in [0.25, 0.3) is 0 Å². The van der Waals surface area contributed by atoms with E-state index in [0.29, 0.717) is 5.78 Å². The van der Waals surface area contributed by atoms with E-state index in [1.807, 2.05) is 35.0 Å². The Morgan fingerprint density at radius 3 is 2.95 bits per heavy atom. The summed E-state index contributed by atoms with van der Waals surface area (Å²) < 4.78 is 8.83. The van der Waals surface area contributed by atoms with E-state index >= 15 is 0 Å². The van der Waals surface area contributed by atoms with Gasteiger partial charge >= 0.3 is 0 Å². The predicted octanol–water partition coefficient (Wildman–Crippen LogP) is 4.47. The first-order valence-corrected chi connectivity index (χ1v) is 7.56. The number of hydrogen-bond donors (Lipinski definition) is 0. The molecule has 0 aliphatic carbocycles. The Morgan fingerprint density at radius 1 is 1.24 bits per heavy atom. The minimum atomic E-state index is 0.663. The minimum Gasteiger partial charge on any atom is -0.454 e. The zero-order valence-corrected chi connectivity index (χ0v) is 13.0. The van der Waals surface area contributed by atoms with Crippen LogP contribution in [0.25, 0.3) is 28.2 Å². The van der Waals surface area contributed by atoms with Crippen molar-refractivity contribution in [1.29, 1.82) is 0 Å². The van der Waals surface area contributed by atoms with Gasteiger partial charge in [-0.2, -0.15) is 0 Å². The second-order valence-corrected chi connectivity index (χ2v) is 5.78. The molecule has 0 saturated carbocycles. The van der Waals surface area contributed by atoms with Gasteiger partial charge in [-0.15, -0.1) is 0 Å². The van der Waals surface area contributed by atoms with Gasteiger partial charge in [0.1, 0.15) is 11.3 Å². The van der Waals surface area contributed by atoms with E-state index < -0.39 is 0 Å². The summed E-state index contributed by atoms with van der Waals surface area (Å²) in [6, 6.07) is 8.09. The first kappa shape index (κ1) is 12.6. The maximum absolute atomic E-state index is 6.02. The van der Waals surface area contributed by atoms with Gasteiger partial charge in [-0.05, 0) is 28.4 Å². The maximum atomic E-state index is 6.02. The summed E-state index contributed by atoms with van der Waals surface area (Å²) in [4.78, 5) is 8.86. The van der Waals surface area contributed by atoms with Crippen LogP contribution >= 0.6 is 15.9 Å². The SMILES string of the molecule is CCc1c(-c2cn3cc(Br)cnc3n2)oc2ccccc12. The lowest BCUT2D eigenvalue weighted by atomic mass is 10.1. The van der Waals surface area contributed by atoms with Gasteiger partial charge in [-0.3, -0.25) is 4.40 Å². The number of aromatic nitrogens is 3. The summed E-state index contributed by atoms with van der Waals surface area (Å²) in [5.41, 5.74) is 2.90. The van der Waals surface area contributed by atoms with E-state index in [1.165, 1.54) is 5.56 Å². The standard InChI is InChI=1S/C16H12BrN3O/c1-2-11-12-5-3-4-6-14(12)21-15(11)13-9-20-8-10(17)7-18-16(20)19-13/h3-9H,2H2,1H3. The number of fused-ring (bicyclic) bond motifs is 2. The molecule has 0 bridgehead atoms. The molecule has 0 radical (unpaired) electrons. The molecule has 0 aliphatic heterocycles. The minimum absolute atomic E-state index is 0.663. The molecule has 0 N–H and O–H groups in total. The molecule has 3 heterocycles. The van der Waals surface area contributed by atoms with Crippen molar-refractivity contribution in [2.45, 2.75) is 13.3 Å². The number of hydrogen-bond acceptors (Lipinski definition) is 3. The molecule has 0 aliphatic rings. The summed E-state index contributed by atoms with van der Waals surface area (Å²) in [6.45, 7) is 2.13. The Kier molecular flexibility index (Phi) is 2.82. The van der Waals surface area contributed by atoms with Crippen LogP contribution < -0.4 is 0 Å². The van der Waals surface area contributed by atoms with E-state index in [1.54, 1.807) is 6.20 Å². The van der Waals surface area contributed by atoms with E-state index in [2.05, 4.69) is 38.9 Å². The van der Waals surface area contributed by atoms with Crippen molar-refractivity contribution in [2.24, 2.45) is 0 Å². The quantitative estimate of drug-likeness (QED) is 0.540. The fraction of sp³-hybridized carbons (Fsp3) is 0.125. The zero-order chi connectivity index (χ0) is 14.4. The molecule has 0 amide bonds. The molecule has 0 atom stereocenters. The monoisotopic (exact) mass is 341 g/mol. The van der Waals surface area contributed by atoms with Gasteiger partial charge in [-0.25, -0.2) is 9.97 Å². The number of furan rings is 1. The van der Waals surface area contributed by atoms with Gasteiger partial charge in [0.05, 0.1) is 4.47 Å². The van der Waals surface area contributed by atoms with Crippen LogP contribution in [0.5, 0.6) is 0 Å². The molecule has 4 aromatic rings. The molecular formula is C16H12BrN3O. The fourth-order valence-electron chi connectivity index (χ4n) is 2.63. The van der Waals surface area contributed by atoms with Crippen LogP contribution in [0.4, 0.5) is 0 Å². The number of nitrogens with zero attached hydrogens (tertiary/aromatic N) is 3. The number of para-hydroxylation sites is 1. The molecule has 5 heteroatoms. The van der Waals surface area contributed by atoms with E-state index in [-0.39, 0.29) is 0 Å². The molecule has 0 unspecified atom stereocenters. The Labute approximate surface area is 129 Å². The van der Waals surface area contributed by atoms with Crippen LogP contribution in [0.3, 0.4) is 0 Å². The van der Waals surface area contributed by atoms with Crippen LogP contribution in [0.1, 0.15) is 12.5 Å². The molecule has 1 aromatic carbocycles. The third-order valence-electron chi connectivity index (χ3n) is 3.56. The van der Waals surface area contributed by atoms with E-state index in [4.69, 9.17) is 4.42 Å². The third-order valence-corrected chi connectivity index (χ3v) is 3.97. The Hall–Kier alpha value is -2.14. The Morgan fingerprint density at radius 2 is 2.10 bits per heavy atom. The highest BCUT2D eigenvalue weighted by atomic mass is 79.9. The summed E-state index contributed by atoms with van der Waals surface area (Å²) >= 11 is 3.42. The maximum Gasteiger partial charge on any atom is 0.234 e. The van der Waals surface area contributed by atoms with Gasteiger partial charge < -0.3 is 4.42 Å².